The second kappa shape index (κ2) is 7.60. The van der Waals surface area contributed by atoms with Crippen molar-refractivity contribution in [3.63, 3.8) is 0 Å². The first-order chi connectivity index (χ1) is 11.2. The molecule has 2 aromatic carbocycles. The van der Waals surface area contributed by atoms with Gasteiger partial charge in [0.05, 0.1) is 16.0 Å². The topological polar surface area (TPSA) is 75.3 Å². The third-order valence-corrected chi connectivity index (χ3v) is 5.41. The maximum Gasteiger partial charge on any atom is 0.242 e. The largest absolute Gasteiger partial charge is 0.325 e. The molecule has 0 bridgehead atoms. The zero-order chi connectivity index (χ0) is 17.9. The molecule has 0 aliphatic heterocycles. The molecule has 2 N–H and O–H groups in total. The maximum atomic E-state index is 13.1. The summed E-state index contributed by atoms with van der Waals surface area (Å²) in [6, 6.07) is 8.63. The van der Waals surface area contributed by atoms with Crippen molar-refractivity contribution in [3.05, 3.63) is 57.8 Å². The summed E-state index contributed by atoms with van der Waals surface area (Å²) in [4.78, 5) is 12.1. The van der Waals surface area contributed by atoms with Gasteiger partial charge in [0.2, 0.25) is 15.9 Å². The quantitative estimate of drug-likeness (QED) is 0.754. The van der Waals surface area contributed by atoms with E-state index in [1.165, 1.54) is 31.2 Å². The number of hydrogen-bond donors (Lipinski definition) is 2. The van der Waals surface area contributed by atoms with Crippen LogP contribution in [0.15, 0.2) is 51.8 Å². The fraction of sp³-hybridized carbons (Fsp3) is 0.133. The highest BCUT2D eigenvalue weighted by molar-refractivity contribution is 9.10. The predicted octanol–water partition coefficient (Wildman–Crippen LogP) is 3.55. The molecule has 9 heteroatoms. The number of amides is 1. The molecule has 2 aromatic rings. The molecule has 5 nitrogen and oxygen atoms in total. The van der Waals surface area contributed by atoms with Gasteiger partial charge in [-0.2, -0.15) is 4.72 Å². The summed E-state index contributed by atoms with van der Waals surface area (Å²) in [5.74, 6) is -1.21. The highest BCUT2D eigenvalue weighted by atomic mass is 79.9. The lowest BCUT2D eigenvalue weighted by atomic mass is 10.3. The molecule has 0 aromatic heterocycles. The fourth-order valence-electron chi connectivity index (χ4n) is 1.79. The minimum atomic E-state index is -3.85. The molecule has 128 valence electrons. The molecule has 24 heavy (non-hydrogen) atoms. The Morgan fingerprint density at radius 1 is 1.21 bits per heavy atom. The molecule has 1 amide bonds. The molecule has 0 saturated carbocycles. The molecule has 1 atom stereocenters. The van der Waals surface area contributed by atoms with Crippen molar-refractivity contribution in [1.82, 2.24) is 4.72 Å². The second-order valence-corrected chi connectivity index (χ2v) is 7.95. The van der Waals surface area contributed by atoms with E-state index in [0.29, 0.717) is 0 Å². The van der Waals surface area contributed by atoms with Crippen LogP contribution in [-0.2, 0) is 14.8 Å². The molecule has 0 saturated heterocycles. The summed E-state index contributed by atoms with van der Waals surface area (Å²) in [7, 11) is -3.85. The first-order valence-electron chi connectivity index (χ1n) is 6.73. The number of benzene rings is 2. The smallest absolute Gasteiger partial charge is 0.242 e. The van der Waals surface area contributed by atoms with Gasteiger partial charge >= 0.3 is 0 Å². The normalized spacial score (nSPS) is 12.7. The molecule has 0 radical (unpaired) electrons. The number of halogens is 3. The van der Waals surface area contributed by atoms with E-state index < -0.39 is 27.8 Å². The van der Waals surface area contributed by atoms with E-state index in [4.69, 9.17) is 11.6 Å². The molecule has 0 fully saturated rings. The van der Waals surface area contributed by atoms with E-state index >= 15 is 0 Å². The van der Waals surface area contributed by atoms with E-state index in [1.54, 1.807) is 12.1 Å². The Morgan fingerprint density at radius 2 is 1.83 bits per heavy atom. The number of carbonyl (C=O) groups excluding carboxylic acids is 1. The van der Waals surface area contributed by atoms with Crippen molar-refractivity contribution in [2.45, 2.75) is 17.9 Å². The van der Waals surface area contributed by atoms with E-state index in [9.17, 15) is 17.6 Å². The minimum absolute atomic E-state index is 0.0372. The van der Waals surface area contributed by atoms with Crippen molar-refractivity contribution in [1.29, 1.82) is 0 Å². The third kappa shape index (κ3) is 4.76. The van der Waals surface area contributed by atoms with E-state index in [0.717, 1.165) is 10.5 Å². The molecule has 2 rings (SSSR count). The van der Waals surface area contributed by atoms with Crippen LogP contribution in [-0.4, -0.2) is 20.4 Å². The van der Waals surface area contributed by atoms with Crippen LogP contribution in [0.3, 0.4) is 0 Å². The van der Waals surface area contributed by atoms with E-state index in [-0.39, 0.29) is 15.6 Å². The fourth-order valence-corrected chi connectivity index (χ4v) is 3.44. The van der Waals surface area contributed by atoms with Crippen LogP contribution in [0.25, 0.3) is 0 Å². The van der Waals surface area contributed by atoms with Gasteiger partial charge in [0.1, 0.15) is 5.82 Å². The summed E-state index contributed by atoms with van der Waals surface area (Å²) in [6.45, 7) is 1.40. The van der Waals surface area contributed by atoms with Crippen molar-refractivity contribution in [2.75, 3.05) is 5.32 Å². The lowest BCUT2D eigenvalue weighted by Gasteiger charge is -2.15. The molecule has 0 heterocycles. The standard InChI is InChI=1S/C15H13BrClFN2O3S/c1-9(15(21)19-11-4-7-14(18)13(17)8-11)20-24(22,23)12-5-2-10(16)3-6-12/h2-9,20H,1H3,(H,19,21)/t9-/m1/s1. The van der Waals surface area contributed by atoms with E-state index in [2.05, 4.69) is 26.0 Å². The van der Waals surface area contributed by atoms with Crippen LogP contribution >= 0.6 is 27.5 Å². The van der Waals surface area contributed by atoms with Gasteiger partial charge in [-0.3, -0.25) is 4.79 Å². The molecule has 0 aliphatic rings. The zero-order valence-corrected chi connectivity index (χ0v) is 15.5. The lowest BCUT2D eigenvalue weighted by molar-refractivity contribution is -0.117. The number of anilines is 1. The summed E-state index contributed by atoms with van der Waals surface area (Å²) in [6.07, 6.45) is 0. The molecule has 0 unspecified atom stereocenters. The zero-order valence-electron chi connectivity index (χ0n) is 12.4. The Balaban J connectivity index is 2.07. The number of nitrogens with one attached hydrogen (secondary N) is 2. The van der Waals surface area contributed by atoms with Crippen LogP contribution in [0, 0.1) is 5.82 Å². The lowest BCUT2D eigenvalue weighted by Crippen LogP contribution is -2.41. The molecule has 0 aliphatic carbocycles. The Labute approximate surface area is 152 Å². The Bertz CT molecular complexity index is 860. The number of carbonyl (C=O) groups is 1. The summed E-state index contributed by atoms with van der Waals surface area (Å²) >= 11 is 8.85. The highest BCUT2D eigenvalue weighted by Gasteiger charge is 2.22. The Morgan fingerprint density at radius 3 is 2.42 bits per heavy atom. The van der Waals surface area contributed by atoms with Crippen molar-refractivity contribution in [2.24, 2.45) is 0 Å². The average molecular weight is 436 g/mol. The van der Waals surface area contributed by atoms with Gasteiger partial charge in [-0.05, 0) is 49.4 Å². The Kier molecular flexibility index (Phi) is 5.97. The number of rotatable bonds is 5. The van der Waals surface area contributed by atoms with Gasteiger partial charge < -0.3 is 5.32 Å². The first kappa shape index (κ1) is 18.9. The minimum Gasteiger partial charge on any atom is -0.325 e. The van der Waals surface area contributed by atoms with E-state index in [1.807, 2.05) is 0 Å². The molecule has 0 spiro atoms. The third-order valence-electron chi connectivity index (χ3n) is 3.04. The van der Waals surface area contributed by atoms with Gasteiger partial charge in [0, 0.05) is 10.2 Å². The van der Waals surface area contributed by atoms with Gasteiger partial charge in [-0.15, -0.1) is 0 Å². The van der Waals surface area contributed by atoms with Gasteiger partial charge in [0.25, 0.3) is 0 Å². The van der Waals surface area contributed by atoms with Crippen molar-refractivity contribution in [3.8, 4) is 0 Å². The van der Waals surface area contributed by atoms with Crippen LogP contribution in [0.1, 0.15) is 6.92 Å². The predicted molar refractivity (Wildman–Crippen MR) is 94.0 cm³/mol. The average Bonchev–Trinajstić information content (AvgIpc) is 2.51. The highest BCUT2D eigenvalue weighted by Crippen LogP contribution is 2.20. The van der Waals surface area contributed by atoms with Crippen LogP contribution in [0.2, 0.25) is 5.02 Å². The Hall–Kier alpha value is -1.48. The van der Waals surface area contributed by atoms with Gasteiger partial charge in [-0.1, -0.05) is 27.5 Å². The van der Waals surface area contributed by atoms with Crippen LogP contribution in [0.4, 0.5) is 10.1 Å². The summed E-state index contributed by atoms with van der Waals surface area (Å²) < 4.78 is 40.6. The number of hydrogen-bond acceptors (Lipinski definition) is 3. The van der Waals surface area contributed by atoms with Gasteiger partial charge in [-0.25, -0.2) is 12.8 Å². The second-order valence-electron chi connectivity index (χ2n) is 4.92. The van der Waals surface area contributed by atoms with Crippen LogP contribution in [0.5, 0.6) is 0 Å². The maximum absolute atomic E-state index is 13.1. The first-order valence-corrected chi connectivity index (χ1v) is 9.38. The number of sulfonamides is 1. The van der Waals surface area contributed by atoms with Gasteiger partial charge in [0.15, 0.2) is 0 Å². The van der Waals surface area contributed by atoms with Crippen molar-refractivity contribution < 1.29 is 17.6 Å². The van der Waals surface area contributed by atoms with Crippen molar-refractivity contribution >= 4 is 49.1 Å². The molecular formula is C15H13BrClFN2O3S. The molecular weight excluding hydrogens is 423 g/mol. The summed E-state index contributed by atoms with van der Waals surface area (Å²) in [5, 5.41) is 2.33. The summed E-state index contributed by atoms with van der Waals surface area (Å²) in [5.41, 5.74) is 0.265. The monoisotopic (exact) mass is 434 g/mol. The SMILES string of the molecule is C[C@@H](NS(=O)(=O)c1ccc(Br)cc1)C(=O)Nc1ccc(F)c(Cl)c1. The van der Waals surface area contributed by atoms with Crippen LogP contribution < -0.4 is 10.0 Å².